The molecule has 0 aromatic heterocycles. The fourth-order valence-corrected chi connectivity index (χ4v) is 15.2. The molecule has 0 heterocycles. The number of unbranched alkanes of at least 4 members (excludes halogenated alkanes) is 56. The zero-order valence-corrected chi connectivity index (χ0v) is 71.5. The first-order valence-corrected chi connectivity index (χ1v) is 48.0. The monoisotopic (exact) mass is 1550 g/mol. The van der Waals surface area contributed by atoms with E-state index in [-0.39, 0.29) is 25.7 Å². The Morgan fingerprint density at radius 2 is 0.434 bits per heavy atom. The van der Waals surface area contributed by atoms with E-state index >= 15 is 0 Å². The molecule has 630 valence electrons. The third kappa shape index (κ3) is 80.1. The van der Waals surface area contributed by atoms with Crippen LogP contribution < -0.4 is 0 Å². The fourth-order valence-electron chi connectivity index (χ4n) is 13.6. The topological polar surface area (TPSA) is 237 Å². The summed E-state index contributed by atoms with van der Waals surface area (Å²) in [5.74, 6) is -0.575. The second-order valence-electron chi connectivity index (χ2n) is 32.2. The highest BCUT2D eigenvalue weighted by Gasteiger charge is 2.30. The van der Waals surface area contributed by atoms with Crippen LogP contribution >= 0.6 is 15.6 Å². The number of hydrogen-bond acceptors (Lipinski definition) is 15. The highest BCUT2D eigenvalue weighted by atomic mass is 31.2. The van der Waals surface area contributed by atoms with E-state index in [1.165, 1.54) is 276 Å². The molecule has 0 rings (SSSR count). The van der Waals surface area contributed by atoms with E-state index < -0.39 is 97.5 Å². The third-order valence-corrected chi connectivity index (χ3v) is 22.4. The van der Waals surface area contributed by atoms with Gasteiger partial charge in [0.15, 0.2) is 12.2 Å². The van der Waals surface area contributed by atoms with Crippen molar-refractivity contribution in [2.75, 3.05) is 39.6 Å². The maximum Gasteiger partial charge on any atom is 0.472 e. The first-order valence-electron chi connectivity index (χ1n) is 45.0. The number of aliphatic hydroxyl groups excluding tert-OH is 1. The van der Waals surface area contributed by atoms with E-state index in [9.17, 15) is 43.2 Å². The Kier molecular flexibility index (Phi) is 76.9. The van der Waals surface area contributed by atoms with Crippen LogP contribution in [0.5, 0.6) is 0 Å². The van der Waals surface area contributed by atoms with E-state index in [1.807, 2.05) is 0 Å². The molecule has 17 nitrogen and oxygen atoms in total. The van der Waals surface area contributed by atoms with Gasteiger partial charge in [-0.3, -0.25) is 37.3 Å². The maximum atomic E-state index is 13.2. The summed E-state index contributed by atoms with van der Waals surface area (Å²) in [7, 11) is -9.93. The van der Waals surface area contributed by atoms with Gasteiger partial charge in [0, 0.05) is 25.7 Å². The van der Waals surface area contributed by atoms with Crippen molar-refractivity contribution in [1.29, 1.82) is 0 Å². The molecule has 0 aliphatic carbocycles. The standard InChI is InChI=1S/C87H170O17P2/c1-7-9-11-13-15-17-19-21-22-23-24-25-26-27-32-35-39-43-47-53-60-66-72-87(92)103-82(75-97-84(89)69-63-57-51-45-41-38-34-31-29-28-30-33-37-40-44-49-55-61-67-79(3)4)77-101-105(93,94)99-73-81(88)74-100-106(95,96)102-78-83(76-98-85(90)70-64-58-54-48-50-56-62-68-80(5)6)104-86(91)71-65-59-52-46-42-36-20-18-16-14-12-10-8-2/h79-83,88H,7-78H2,1-6H3,(H,93,94)(H,95,96)/t81-,82-,83-/m1/s1. The van der Waals surface area contributed by atoms with Crippen LogP contribution in [0.2, 0.25) is 0 Å². The van der Waals surface area contributed by atoms with Crippen molar-refractivity contribution in [2.24, 2.45) is 11.8 Å². The normalized spacial score (nSPS) is 13.8. The number of carbonyl (C=O) groups is 4. The van der Waals surface area contributed by atoms with Crippen molar-refractivity contribution < 1.29 is 80.2 Å². The highest BCUT2D eigenvalue weighted by molar-refractivity contribution is 7.47. The van der Waals surface area contributed by atoms with Gasteiger partial charge in [0.1, 0.15) is 19.3 Å². The lowest BCUT2D eigenvalue weighted by molar-refractivity contribution is -0.161. The molecular formula is C87H170O17P2. The molecule has 5 atom stereocenters. The Hall–Kier alpha value is -1.94. The van der Waals surface area contributed by atoms with Gasteiger partial charge in [0.2, 0.25) is 0 Å². The molecule has 0 bridgehead atoms. The van der Waals surface area contributed by atoms with Crippen LogP contribution in [0, 0.1) is 11.8 Å². The van der Waals surface area contributed by atoms with Crippen molar-refractivity contribution in [3.05, 3.63) is 0 Å². The summed E-state index contributed by atoms with van der Waals surface area (Å²) in [6.45, 7) is 9.65. The summed E-state index contributed by atoms with van der Waals surface area (Å²) < 4.78 is 68.9. The van der Waals surface area contributed by atoms with Gasteiger partial charge in [-0.05, 0) is 37.5 Å². The molecule has 106 heavy (non-hydrogen) atoms. The van der Waals surface area contributed by atoms with Crippen molar-refractivity contribution in [1.82, 2.24) is 0 Å². The predicted molar refractivity (Wildman–Crippen MR) is 437 cm³/mol. The smallest absolute Gasteiger partial charge is 0.462 e. The lowest BCUT2D eigenvalue weighted by atomic mass is 10.0. The lowest BCUT2D eigenvalue weighted by Gasteiger charge is -2.21. The number of aliphatic hydroxyl groups is 1. The summed E-state index contributed by atoms with van der Waals surface area (Å²) in [6, 6.07) is 0. The van der Waals surface area contributed by atoms with Crippen LogP contribution in [0.25, 0.3) is 0 Å². The van der Waals surface area contributed by atoms with Gasteiger partial charge in [-0.15, -0.1) is 0 Å². The van der Waals surface area contributed by atoms with E-state index in [1.54, 1.807) is 0 Å². The zero-order chi connectivity index (χ0) is 77.8. The molecule has 0 aliphatic heterocycles. The van der Waals surface area contributed by atoms with Crippen LogP contribution in [0.4, 0.5) is 0 Å². The van der Waals surface area contributed by atoms with Crippen molar-refractivity contribution in [3.63, 3.8) is 0 Å². The summed E-state index contributed by atoms with van der Waals surface area (Å²) in [5.41, 5.74) is 0. The Balaban J connectivity index is 5.20. The molecule has 0 saturated carbocycles. The minimum Gasteiger partial charge on any atom is -0.462 e. The van der Waals surface area contributed by atoms with Crippen molar-refractivity contribution in [3.8, 4) is 0 Å². The van der Waals surface area contributed by atoms with Crippen LogP contribution in [-0.4, -0.2) is 96.7 Å². The molecular weight excluding hydrogens is 1380 g/mol. The van der Waals surface area contributed by atoms with Crippen LogP contribution in [0.3, 0.4) is 0 Å². The third-order valence-electron chi connectivity index (χ3n) is 20.5. The summed E-state index contributed by atoms with van der Waals surface area (Å²) in [4.78, 5) is 73.2. The van der Waals surface area contributed by atoms with Crippen molar-refractivity contribution in [2.45, 2.75) is 484 Å². The minimum atomic E-state index is -4.97. The predicted octanol–water partition coefficient (Wildman–Crippen LogP) is 26.6. The molecule has 0 spiro atoms. The molecule has 0 radical (unpaired) electrons. The molecule has 0 fully saturated rings. The van der Waals surface area contributed by atoms with Gasteiger partial charge in [0.25, 0.3) is 0 Å². The molecule has 0 saturated heterocycles. The quantitative estimate of drug-likeness (QED) is 0.0222. The van der Waals surface area contributed by atoms with E-state index in [0.717, 1.165) is 102 Å². The Labute approximate surface area is 651 Å². The average molecular weight is 1550 g/mol. The number of rotatable bonds is 86. The van der Waals surface area contributed by atoms with Crippen LogP contribution in [0.1, 0.15) is 465 Å². The number of hydrogen-bond donors (Lipinski definition) is 3. The van der Waals surface area contributed by atoms with Crippen molar-refractivity contribution >= 4 is 39.5 Å². The van der Waals surface area contributed by atoms with Gasteiger partial charge in [-0.1, -0.05) is 414 Å². The van der Waals surface area contributed by atoms with Crippen LogP contribution in [0.15, 0.2) is 0 Å². The van der Waals surface area contributed by atoms with Gasteiger partial charge < -0.3 is 33.8 Å². The Bertz CT molecular complexity index is 2030. The highest BCUT2D eigenvalue weighted by Crippen LogP contribution is 2.45. The molecule has 2 unspecified atom stereocenters. The molecule has 0 amide bonds. The average Bonchev–Trinajstić information content (AvgIpc) is 0.901. The fraction of sp³-hybridized carbons (Fsp3) is 0.954. The molecule has 0 aliphatic rings. The number of carbonyl (C=O) groups excluding carboxylic acids is 4. The maximum absolute atomic E-state index is 13.2. The summed E-state index contributed by atoms with van der Waals surface area (Å²) in [6.07, 6.45) is 71.1. The van der Waals surface area contributed by atoms with E-state index in [0.29, 0.717) is 31.6 Å². The van der Waals surface area contributed by atoms with Gasteiger partial charge >= 0.3 is 39.5 Å². The molecule has 19 heteroatoms. The molecule has 0 aromatic carbocycles. The Morgan fingerprint density at radius 3 is 0.642 bits per heavy atom. The number of ether oxygens (including phenoxy) is 4. The van der Waals surface area contributed by atoms with Gasteiger partial charge in [-0.2, -0.15) is 0 Å². The van der Waals surface area contributed by atoms with E-state index in [2.05, 4.69) is 41.5 Å². The number of phosphoric ester groups is 2. The van der Waals surface area contributed by atoms with E-state index in [4.69, 9.17) is 37.0 Å². The summed E-state index contributed by atoms with van der Waals surface area (Å²) >= 11 is 0. The first-order chi connectivity index (χ1) is 51.4. The SMILES string of the molecule is CCCCCCCCCCCCCCCCCCCCCCCCC(=O)O[C@H](COC(=O)CCCCCCCCCCCCCCCCCCCCC(C)C)COP(=O)(O)OC[C@@H](O)COP(=O)(O)OC[C@@H](COC(=O)CCCCCCCCCC(C)C)OC(=O)CCCCCCCCCCCCCCC. The minimum absolute atomic E-state index is 0.107. The Morgan fingerprint density at radius 1 is 0.255 bits per heavy atom. The summed E-state index contributed by atoms with van der Waals surface area (Å²) in [5, 5.41) is 10.7. The second-order valence-corrected chi connectivity index (χ2v) is 35.1. The second kappa shape index (κ2) is 78.3. The number of phosphoric acid groups is 2. The lowest BCUT2D eigenvalue weighted by Crippen LogP contribution is -2.30. The molecule has 0 aromatic rings. The van der Waals surface area contributed by atoms with Crippen LogP contribution in [-0.2, 0) is 65.4 Å². The molecule has 3 N–H and O–H groups in total. The largest absolute Gasteiger partial charge is 0.472 e. The van der Waals surface area contributed by atoms with Gasteiger partial charge in [-0.25, -0.2) is 9.13 Å². The first kappa shape index (κ1) is 104. The zero-order valence-electron chi connectivity index (χ0n) is 69.7. The number of esters is 4. The van der Waals surface area contributed by atoms with Gasteiger partial charge in [0.05, 0.1) is 26.4 Å².